The quantitative estimate of drug-likeness (QED) is 0.0966. The number of hydrogen-bond donors (Lipinski definition) is 0. The molecule has 0 spiro atoms. The first-order valence-corrected chi connectivity index (χ1v) is 13.4. The molecule has 36 heavy (non-hydrogen) atoms. The van der Waals surface area contributed by atoms with E-state index in [1.54, 1.807) is 6.92 Å². The highest BCUT2D eigenvalue weighted by Crippen LogP contribution is 2.27. The maximum absolute atomic E-state index is 5.52. The molecule has 0 saturated carbocycles. The van der Waals surface area contributed by atoms with Crippen molar-refractivity contribution in [1.82, 2.24) is 0 Å². The number of hydrogen-bond acceptors (Lipinski definition) is 8. The predicted octanol–water partition coefficient (Wildman–Crippen LogP) is 8.77. The summed E-state index contributed by atoms with van der Waals surface area (Å²) in [5, 5.41) is 0. The summed E-state index contributed by atoms with van der Waals surface area (Å²) in [5.74, 6) is -1.77. The van der Waals surface area contributed by atoms with Crippen LogP contribution >= 0.6 is 0 Å². The van der Waals surface area contributed by atoms with Gasteiger partial charge in [-0.25, -0.2) is 19.6 Å². The molecule has 8 nitrogen and oxygen atoms in total. The zero-order valence-electron chi connectivity index (χ0n) is 26.5. The van der Waals surface area contributed by atoms with E-state index in [-0.39, 0.29) is 22.4 Å². The van der Waals surface area contributed by atoms with E-state index >= 15 is 0 Å². The third kappa shape index (κ3) is 25.3. The molecule has 0 unspecified atom stereocenters. The van der Waals surface area contributed by atoms with E-state index in [4.69, 9.17) is 39.1 Å². The molecule has 8 heteroatoms. The monoisotopic (exact) mass is 524 g/mol. The molecular formula is C28H60O8. The van der Waals surface area contributed by atoms with Gasteiger partial charge >= 0.3 is 0 Å². The van der Waals surface area contributed by atoms with E-state index in [0.29, 0.717) is 6.42 Å². The number of unbranched alkanes of at least 4 members (excludes halogenated alkanes) is 3. The largest absolute Gasteiger partial charge is 0.231 e. The summed E-state index contributed by atoms with van der Waals surface area (Å²) >= 11 is 0. The van der Waals surface area contributed by atoms with E-state index in [9.17, 15) is 0 Å². The van der Waals surface area contributed by atoms with Crippen LogP contribution in [0, 0.1) is 0 Å². The summed E-state index contributed by atoms with van der Waals surface area (Å²) in [5.41, 5.74) is -1.51. The van der Waals surface area contributed by atoms with Gasteiger partial charge in [-0.1, -0.05) is 33.1 Å². The van der Waals surface area contributed by atoms with Crippen molar-refractivity contribution in [3.63, 3.8) is 0 Å². The lowest BCUT2D eigenvalue weighted by Gasteiger charge is -2.32. The van der Waals surface area contributed by atoms with Crippen molar-refractivity contribution < 1.29 is 39.1 Å². The molecule has 0 radical (unpaired) electrons. The molecule has 0 N–H and O–H groups in total. The van der Waals surface area contributed by atoms with E-state index in [2.05, 4.69) is 6.92 Å². The van der Waals surface area contributed by atoms with Crippen molar-refractivity contribution in [1.29, 1.82) is 0 Å². The second-order valence-electron chi connectivity index (χ2n) is 13.5. The Morgan fingerprint density at radius 1 is 0.361 bits per heavy atom. The van der Waals surface area contributed by atoms with Crippen LogP contribution in [0.5, 0.6) is 0 Å². The minimum Gasteiger partial charge on any atom is -0.228 e. The van der Waals surface area contributed by atoms with Gasteiger partial charge in [-0.05, 0) is 103 Å². The van der Waals surface area contributed by atoms with Crippen LogP contribution in [0.4, 0.5) is 0 Å². The SMILES string of the molecule is CCC(C)(OOC(C)(C)C)OOC(C)(C)C.CCCCCCC(C)(OOC(C)(C)C)OOC(C)(C)C. The molecule has 0 saturated heterocycles. The van der Waals surface area contributed by atoms with Crippen LogP contribution in [-0.2, 0) is 39.1 Å². The molecule has 0 atom stereocenters. The predicted molar refractivity (Wildman–Crippen MR) is 144 cm³/mol. The highest BCUT2D eigenvalue weighted by atomic mass is 17.3. The molecule has 0 aromatic rings. The highest BCUT2D eigenvalue weighted by Gasteiger charge is 2.33. The van der Waals surface area contributed by atoms with Crippen LogP contribution in [-0.4, -0.2) is 34.0 Å². The van der Waals surface area contributed by atoms with Crippen LogP contribution in [0.2, 0.25) is 0 Å². The average Bonchev–Trinajstić information content (AvgIpc) is 2.70. The molecule has 0 aromatic carbocycles. The van der Waals surface area contributed by atoms with Crippen LogP contribution in [0.25, 0.3) is 0 Å². The van der Waals surface area contributed by atoms with Gasteiger partial charge in [0, 0.05) is 12.8 Å². The van der Waals surface area contributed by atoms with E-state index in [1.165, 1.54) is 12.8 Å². The Labute approximate surface area is 222 Å². The summed E-state index contributed by atoms with van der Waals surface area (Å²) < 4.78 is 0. The first-order chi connectivity index (χ1) is 15.9. The standard InChI is InChI=1S/C16H34O4.C12H26O4/c1-9-10-11-12-13-16(8,19-17-14(2,3)4)20-18-15(5,6)7;1-9-12(8,15-13-10(2,3)4)16-14-11(5,6)7/h9-13H2,1-8H3;9H2,1-8H3. The Bertz CT molecular complexity index is 514. The summed E-state index contributed by atoms with van der Waals surface area (Å²) in [4.78, 5) is 42.9. The third-order valence-electron chi connectivity index (χ3n) is 4.00. The van der Waals surface area contributed by atoms with E-state index in [1.807, 2.05) is 96.9 Å². The van der Waals surface area contributed by atoms with Gasteiger partial charge in [0.15, 0.2) is 0 Å². The van der Waals surface area contributed by atoms with Gasteiger partial charge < -0.3 is 0 Å². The maximum Gasteiger partial charge on any atom is 0.231 e. The summed E-state index contributed by atoms with van der Waals surface area (Å²) in [6.07, 6.45) is 5.96. The molecule has 0 bridgehead atoms. The molecule has 0 amide bonds. The zero-order chi connectivity index (χ0) is 28.9. The van der Waals surface area contributed by atoms with Gasteiger partial charge in [0.2, 0.25) is 11.6 Å². The Morgan fingerprint density at radius 3 is 0.917 bits per heavy atom. The molecular weight excluding hydrogens is 464 g/mol. The number of rotatable bonds is 14. The van der Waals surface area contributed by atoms with Gasteiger partial charge in [-0.2, -0.15) is 19.6 Å². The summed E-state index contributed by atoms with van der Waals surface area (Å²) in [7, 11) is 0. The molecule has 0 rings (SSSR count). The first-order valence-electron chi connectivity index (χ1n) is 13.4. The Morgan fingerprint density at radius 2 is 0.667 bits per heavy atom. The Kier molecular flexibility index (Phi) is 16.7. The smallest absolute Gasteiger partial charge is 0.228 e. The van der Waals surface area contributed by atoms with Gasteiger partial charge in [-0.3, -0.25) is 0 Å². The second-order valence-corrected chi connectivity index (χ2v) is 13.5. The fraction of sp³-hybridized carbons (Fsp3) is 1.00. The third-order valence-corrected chi connectivity index (χ3v) is 4.00. The van der Waals surface area contributed by atoms with Gasteiger partial charge in [0.05, 0.1) is 22.4 Å². The topological polar surface area (TPSA) is 73.8 Å². The molecule has 220 valence electrons. The van der Waals surface area contributed by atoms with Crippen molar-refractivity contribution in [2.75, 3.05) is 0 Å². The first kappa shape index (κ1) is 37.8. The Balaban J connectivity index is 0. The maximum atomic E-state index is 5.52. The summed E-state index contributed by atoms with van der Waals surface area (Å²) in [6, 6.07) is 0. The molecule has 0 fully saturated rings. The molecule has 0 aromatic heterocycles. The average molecular weight is 525 g/mol. The molecule has 0 aliphatic rings. The minimum absolute atomic E-state index is 0.373. The van der Waals surface area contributed by atoms with Crippen molar-refractivity contribution >= 4 is 0 Å². The lowest BCUT2D eigenvalue weighted by atomic mass is 10.1. The van der Waals surface area contributed by atoms with Gasteiger partial charge in [0.1, 0.15) is 0 Å². The second kappa shape index (κ2) is 15.9. The molecule has 0 aliphatic carbocycles. The van der Waals surface area contributed by atoms with Gasteiger partial charge in [-0.15, -0.1) is 0 Å². The van der Waals surface area contributed by atoms with Crippen LogP contribution in [0.15, 0.2) is 0 Å². The van der Waals surface area contributed by atoms with E-state index < -0.39 is 11.6 Å². The van der Waals surface area contributed by atoms with Crippen molar-refractivity contribution in [3.8, 4) is 0 Å². The normalized spacial score (nSPS) is 14.0. The van der Waals surface area contributed by atoms with Crippen molar-refractivity contribution in [2.45, 2.75) is 183 Å². The molecule has 0 aliphatic heterocycles. The lowest BCUT2D eigenvalue weighted by molar-refractivity contribution is -0.537. The van der Waals surface area contributed by atoms with Crippen molar-refractivity contribution in [3.05, 3.63) is 0 Å². The summed E-state index contributed by atoms with van der Waals surface area (Å²) in [6.45, 7) is 30.9. The van der Waals surface area contributed by atoms with Crippen LogP contribution in [0.1, 0.15) is 149 Å². The fourth-order valence-corrected chi connectivity index (χ4v) is 1.95. The van der Waals surface area contributed by atoms with Crippen LogP contribution in [0.3, 0.4) is 0 Å². The van der Waals surface area contributed by atoms with Crippen molar-refractivity contribution in [2.24, 2.45) is 0 Å². The lowest BCUT2D eigenvalue weighted by Crippen LogP contribution is -2.38. The minimum atomic E-state index is -0.888. The highest BCUT2D eigenvalue weighted by molar-refractivity contribution is 4.64. The van der Waals surface area contributed by atoms with Gasteiger partial charge in [0.25, 0.3) is 0 Å². The zero-order valence-corrected chi connectivity index (χ0v) is 26.5. The van der Waals surface area contributed by atoms with Crippen LogP contribution < -0.4 is 0 Å². The molecule has 0 heterocycles. The van der Waals surface area contributed by atoms with E-state index in [0.717, 1.165) is 19.3 Å². The fourth-order valence-electron chi connectivity index (χ4n) is 1.95. The Hall–Kier alpha value is -0.320.